The molecule has 0 spiro atoms. The summed E-state index contributed by atoms with van der Waals surface area (Å²) < 4.78 is 0. The predicted octanol–water partition coefficient (Wildman–Crippen LogP) is 2.78. The van der Waals surface area contributed by atoms with Crippen molar-refractivity contribution in [3.63, 3.8) is 0 Å². The minimum Gasteiger partial charge on any atom is -0.0792 e. The Morgan fingerprint density at radius 1 is 0.812 bits per heavy atom. The fraction of sp³-hybridized carbons (Fsp3) is 0.0667. The minimum absolute atomic E-state index is 0.582. The Morgan fingerprint density at radius 3 is 2.44 bits per heavy atom. The number of hydrogen-bond acceptors (Lipinski definition) is 0. The molecule has 1 heteroatoms. The lowest BCUT2D eigenvalue weighted by atomic mass is 10.1. The van der Waals surface area contributed by atoms with Crippen molar-refractivity contribution in [2.75, 3.05) is 0 Å². The van der Waals surface area contributed by atoms with Crippen LogP contribution in [0.3, 0.4) is 0 Å². The number of allylic oxidation sites excluding steroid dienone is 1. The van der Waals surface area contributed by atoms with Crippen molar-refractivity contribution in [2.24, 2.45) is 0 Å². The standard InChI is InChI=1S/C15H12Si/c1-2-7-13(8-3-1)16-15-11-10-12-6-4-5-9-14(12)15/h1-11,15H. The number of fused-ring (bicyclic) bond motifs is 1. The third-order valence-corrected chi connectivity index (χ3v) is 4.38. The third kappa shape index (κ3) is 1.74. The van der Waals surface area contributed by atoms with Gasteiger partial charge in [0.1, 0.15) is 0 Å². The molecular weight excluding hydrogens is 208 g/mol. The Kier molecular flexibility index (Phi) is 2.47. The maximum atomic E-state index is 2.33. The molecule has 0 amide bonds. The van der Waals surface area contributed by atoms with Gasteiger partial charge >= 0.3 is 0 Å². The number of benzene rings is 2. The summed E-state index contributed by atoms with van der Waals surface area (Å²) in [5, 5.41) is 1.44. The molecule has 1 aliphatic rings. The van der Waals surface area contributed by atoms with Crippen LogP contribution in [0.5, 0.6) is 0 Å². The maximum absolute atomic E-state index is 2.33. The highest BCUT2D eigenvalue weighted by Crippen LogP contribution is 2.28. The molecule has 2 aromatic rings. The van der Waals surface area contributed by atoms with Crippen LogP contribution in [0.1, 0.15) is 16.7 Å². The SMILES string of the molecule is C1=CC([Si]c2ccccc2)c2ccccc21. The average Bonchev–Trinajstić information content (AvgIpc) is 2.74. The van der Waals surface area contributed by atoms with Crippen LogP contribution in [0, 0.1) is 0 Å². The topological polar surface area (TPSA) is 0 Å². The lowest BCUT2D eigenvalue weighted by molar-refractivity contribution is 1.23. The summed E-state index contributed by atoms with van der Waals surface area (Å²) in [7, 11) is 0.838. The molecule has 0 saturated heterocycles. The Balaban J connectivity index is 1.87. The van der Waals surface area contributed by atoms with Crippen LogP contribution < -0.4 is 5.19 Å². The molecule has 0 heterocycles. The summed E-state index contributed by atoms with van der Waals surface area (Å²) >= 11 is 0. The van der Waals surface area contributed by atoms with Gasteiger partial charge in [-0.1, -0.05) is 71.9 Å². The Labute approximate surface area is 98.5 Å². The summed E-state index contributed by atoms with van der Waals surface area (Å²) in [6.07, 6.45) is 4.58. The van der Waals surface area contributed by atoms with Crippen molar-refractivity contribution in [1.29, 1.82) is 0 Å². The van der Waals surface area contributed by atoms with E-state index in [4.69, 9.17) is 0 Å². The van der Waals surface area contributed by atoms with E-state index in [0.717, 1.165) is 9.52 Å². The Morgan fingerprint density at radius 2 is 1.56 bits per heavy atom. The van der Waals surface area contributed by atoms with E-state index in [1.165, 1.54) is 16.3 Å². The van der Waals surface area contributed by atoms with E-state index in [-0.39, 0.29) is 0 Å². The van der Waals surface area contributed by atoms with E-state index in [9.17, 15) is 0 Å². The molecule has 0 aliphatic heterocycles. The summed E-state index contributed by atoms with van der Waals surface area (Å²) in [6.45, 7) is 0. The maximum Gasteiger partial charge on any atom is 0.0940 e. The van der Waals surface area contributed by atoms with Crippen LogP contribution in [0.15, 0.2) is 60.7 Å². The van der Waals surface area contributed by atoms with Gasteiger partial charge < -0.3 is 0 Å². The molecule has 0 bridgehead atoms. The molecule has 16 heavy (non-hydrogen) atoms. The Bertz CT molecular complexity index is 514. The first-order valence-electron chi connectivity index (χ1n) is 5.52. The van der Waals surface area contributed by atoms with Crippen molar-refractivity contribution in [2.45, 2.75) is 5.54 Å². The lowest BCUT2D eigenvalue weighted by Crippen LogP contribution is -2.19. The second-order valence-corrected chi connectivity index (χ2v) is 5.46. The molecule has 2 radical (unpaired) electrons. The fourth-order valence-corrected chi connectivity index (χ4v) is 3.44. The van der Waals surface area contributed by atoms with E-state index < -0.39 is 0 Å². The van der Waals surface area contributed by atoms with Crippen molar-refractivity contribution in [3.05, 3.63) is 71.8 Å². The molecule has 1 atom stereocenters. The second-order valence-electron chi connectivity index (χ2n) is 3.98. The van der Waals surface area contributed by atoms with Gasteiger partial charge in [0.25, 0.3) is 0 Å². The van der Waals surface area contributed by atoms with Crippen LogP contribution in [0.4, 0.5) is 0 Å². The minimum atomic E-state index is 0.582. The first-order chi connectivity index (χ1) is 7.93. The van der Waals surface area contributed by atoms with Gasteiger partial charge in [-0.15, -0.1) is 0 Å². The zero-order valence-corrected chi connectivity index (χ0v) is 9.93. The van der Waals surface area contributed by atoms with E-state index in [0.29, 0.717) is 5.54 Å². The molecule has 3 rings (SSSR count). The summed E-state index contributed by atoms with van der Waals surface area (Å²) in [5.74, 6) is 0. The quantitative estimate of drug-likeness (QED) is 0.683. The first kappa shape index (κ1) is 9.61. The molecular formula is C15H12Si. The van der Waals surface area contributed by atoms with Gasteiger partial charge in [-0.3, -0.25) is 0 Å². The van der Waals surface area contributed by atoms with Crippen molar-refractivity contribution >= 4 is 20.8 Å². The van der Waals surface area contributed by atoms with Crippen LogP contribution in [-0.4, -0.2) is 9.52 Å². The normalized spacial score (nSPS) is 17.4. The largest absolute Gasteiger partial charge is 0.0940 e. The number of hydrogen-bond donors (Lipinski definition) is 0. The van der Waals surface area contributed by atoms with E-state index in [1.54, 1.807) is 0 Å². The molecule has 1 aliphatic carbocycles. The van der Waals surface area contributed by atoms with Crippen molar-refractivity contribution in [1.82, 2.24) is 0 Å². The molecule has 76 valence electrons. The lowest BCUT2D eigenvalue weighted by Gasteiger charge is -2.09. The average molecular weight is 220 g/mol. The molecule has 2 aromatic carbocycles. The summed E-state index contributed by atoms with van der Waals surface area (Å²) in [5.41, 5.74) is 3.44. The molecule has 1 unspecified atom stereocenters. The van der Waals surface area contributed by atoms with Crippen molar-refractivity contribution < 1.29 is 0 Å². The Hall–Kier alpha value is -1.60. The highest BCUT2D eigenvalue weighted by atomic mass is 28.2. The van der Waals surface area contributed by atoms with Crippen LogP contribution in [0.25, 0.3) is 6.08 Å². The third-order valence-electron chi connectivity index (χ3n) is 2.90. The molecule has 0 N–H and O–H groups in total. The first-order valence-corrected chi connectivity index (χ1v) is 6.60. The molecule has 0 nitrogen and oxygen atoms in total. The van der Waals surface area contributed by atoms with Gasteiger partial charge in [0.15, 0.2) is 0 Å². The van der Waals surface area contributed by atoms with Crippen molar-refractivity contribution in [3.8, 4) is 0 Å². The highest BCUT2D eigenvalue weighted by Gasteiger charge is 2.17. The number of rotatable bonds is 2. The van der Waals surface area contributed by atoms with E-state index in [1.807, 2.05) is 0 Å². The van der Waals surface area contributed by atoms with Crippen LogP contribution >= 0.6 is 0 Å². The highest BCUT2D eigenvalue weighted by molar-refractivity contribution is 6.56. The molecule has 0 fully saturated rings. The predicted molar refractivity (Wildman–Crippen MR) is 70.0 cm³/mol. The van der Waals surface area contributed by atoms with Gasteiger partial charge in [-0.2, -0.15) is 0 Å². The second kappa shape index (κ2) is 4.10. The summed E-state index contributed by atoms with van der Waals surface area (Å²) in [4.78, 5) is 0. The van der Waals surface area contributed by atoms with Crippen LogP contribution in [0.2, 0.25) is 0 Å². The van der Waals surface area contributed by atoms with Crippen LogP contribution in [-0.2, 0) is 0 Å². The molecule has 0 aromatic heterocycles. The summed E-state index contributed by atoms with van der Waals surface area (Å²) in [6, 6.07) is 19.4. The smallest absolute Gasteiger partial charge is 0.0792 e. The zero-order chi connectivity index (χ0) is 10.8. The monoisotopic (exact) mass is 220 g/mol. The molecule has 0 saturated carbocycles. The fourth-order valence-electron chi connectivity index (χ4n) is 2.09. The van der Waals surface area contributed by atoms with Gasteiger partial charge in [0, 0.05) is 0 Å². The van der Waals surface area contributed by atoms with Gasteiger partial charge in [0.2, 0.25) is 0 Å². The van der Waals surface area contributed by atoms with E-state index >= 15 is 0 Å². The zero-order valence-electron chi connectivity index (χ0n) is 8.93. The van der Waals surface area contributed by atoms with Gasteiger partial charge in [-0.25, -0.2) is 0 Å². The van der Waals surface area contributed by atoms with E-state index in [2.05, 4.69) is 66.7 Å². The van der Waals surface area contributed by atoms with Gasteiger partial charge in [-0.05, 0) is 16.7 Å². The van der Waals surface area contributed by atoms with Gasteiger partial charge in [0.05, 0.1) is 9.52 Å².